The van der Waals surface area contributed by atoms with Crippen molar-refractivity contribution in [2.45, 2.75) is 32.0 Å². The SMILES string of the molecule is O=C1c2c(cccc2NCc2cnc(Cl)s2)CN1C1CC1. The van der Waals surface area contributed by atoms with Crippen molar-refractivity contribution < 1.29 is 4.79 Å². The quantitative estimate of drug-likeness (QED) is 0.937. The van der Waals surface area contributed by atoms with E-state index in [4.69, 9.17) is 11.6 Å². The molecule has 6 heteroatoms. The monoisotopic (exact) mass is 319 g/mol. The third-order valence-electron chi connectivity index (χ3n) is 3.93. The molecule has 0 spiro atoms. The number of benzene rings is 1. The van der Waals surface area contributed by atoms with Gasteiger partial charge in [-0.2, -0.15) is 0 Å². The predicted molar refractivity (Wildman–Crippen MR) is 83.8 cm³/mol. The Balaban J connectivity index is 1.57. The maximum absolute atomic E-state index is 12.6. The number of amides is 1. The average Bonchev–Trinajstić information content (AvgIpc) is 3.15. The first-order valence-corrected chi connectivity index (χ1v) is 8.19. The van der Waals surface area contributed by atoms with Gasteiger partial charge in [-0.1, -0.05) is 23.7 Å². The maximum Gasteiger partial charge on any atom is 0.256 e. The topological polar surface area (TPSA) is 45.2 Å². The zero-order chi connectivity index (χ0) is 14.4. The van der Waals surface area contributed by atoms with Crippen molar-refractivity contribution in [3.8, 4) is 0 Å². The lowest BCUT2D eigenvalue weighted by Crippen LogP contribution is -2.26. The number of thiazole rings is 1. The fraction of sp³-hybridized carbons (Fsp3) is 0.333. The first-order valence-electron chi connectivity index (χ1n) is 6.99. The first-order chi connectivity index (χ1) is 10.2. The molecule has 0 bridgehead atoms. The number of nitrogens with zero attached hydrogens (tertiary/aromatic N) is 2. The molecule has 0 radical (unpaired) electrons. The minimum absolute atomic E-state index is 0.165. The van der Waals surface area contributed by atoms with E-state index >= 15 is 0 Å². The molecule has 0 saturated heterocycles. The summed E-state index contributed by atoms with van der Waals surface area (Å²) in [6, 6.07) is 6.48. The van der Waals surface area contributed by atoms with E-state index in [0.29, 0.717) is 17.1 Å². The van der Waals surface area contributed by atoms with Crippen molar-refractivity contribution in [1.29, 1.82) is 0 Å². The molecule has 1 N–H and O–H groups in total. The number of nitrogens with one attached hydrogen (secondary N) is 1. The summed E-state index contributed by atoms with van der Waals surface area (Å²) >= 11 is 7.29. The molecule has 1 saturated carbocycles. The van der Waals surface area contributed by atoms with Gasteiger partial charge in [-0.05, 0) is 24.5 Å². The fourth-order valence-corrected chi connectivity index (χ4v) is 3.68. The normalized spacial score (nSPS) is 17.2. The van der Waals surface area contributed by atoms with Gasteiger partial charge in [0.2, 0.25) is 0 Å². The summed E-state index contributed by atoms with van der Waals surface area (Å²) in [5.74, 6) is 0.165. The molecule has 4 rings (SSSR count). The Morgan fingerprint density at radius 3 is 3.00 bits per heavy atom. The second-order valence-electron chi connectivity index (χ2n) is 5.44. The number of fused-ring (bicyclic) bond motifs is 1. The van der Waals surface area contributed by atoms with Crippen molar-refractivity contribution in [2.75, 3.05) is 5.32 Å². The van der Waals surface area contributed by atoms with Crippen LogP contribution in [0.4, 0.5) is 5.69 Å². The Morgan fingerprint density at radius 2 is 2.29 bits per heavy atom. The molecule has 21 heavy (non-hydrogen) atoms. The van der Waals surface area contributed by atoms with Crippen LogP contribution in [0.5, 0.6) is 0 Å². The van der Waals surface area contributed by atoms with Crippen LogP contribution >= 0.6 is 22.9 Å². The van der Waals surface area contributed by atoms with Gasteiger partial charge in [0, 0.05) is 29.3 Å². The summed E-state index contributed by atoms with van der Waals surface area (Å²) in [6.07, 6.45) is 4.05. The smallest absolute Gasteiger partial charge is 0.256 e. The maximum atomic E-state index is 12.6. The molecule has 2 aliphatic rings. The van der Waals surface area contributed by atoms with Crippen LogP contribution in [-0.2, 0) is 13.1 Å². The predicted octanol–water partition coefficient (Wildman–Crippen LogP) is 3.53. The van der Waals surface area contributed by atoms with Crippen molar-refractivity contribution in [1.82, 2.24) is 9.88 Å². The Morgan fingerprint density at radius 1 is 1.43 bits per heavy atom. The largest absolute Gasteiger partial charge is 0.379 e. The number of carbonyl (C=O) groups is 1. The molecule has 0 unspecified atom stereocenters. The van der Waals surface area contributed by atoms with Crippen LogP contribution in [0, 0.1) is 0 Å². The van der Waals surface area contributed by atoms with Crippen LogP contribution in [0.3, 0.4) is 0 Å². The van der Waals surface area contributed by atoms with Crippen LogP contribution in [0.1, 0.15) is 33.6 Å². The van der Waals surface area contributed by atoms with Crippen LogP contribution in [0.2, 0.25) is 4.47 Å². The van der Waals surface area contributed by atoms with Gasteiger partial charge in [0.05, 0.1) is 12.1 Å². The summed E-state index contributed by atoms with van der Waals surface area (Å²) in [4.78, 5) is 19.7. The number of carbonyl (C=O) groups excluding carboxylic acids is 1. The summed E-state index contributed by atoms with van der Waals surface area (Å²) in [7, 11) is 0. The number of hydrogen-bond acceptors (Lipinski definition) is 4. The van der Waals surface area contributed by atoms with Crippen molar-refractivity contribution in [3.63, 3.8) is 0 Å². The highest BCUT2D eigenvalue weighted by molar-refractivity contribution is 7.15. The number of halogens is 1. The molecule has 0 atom stereocenters. The number of anilines is 1. The minimum atomic E-state index is 0.165. The van der Waals surface area contributed by atoms with Crippen LogP contribution < -0.4 is 5.32 Å². The molecule has 108 valence electrons. The summed E-state index contributed by atoms with van der Waals surface area (Å²) in [6.45, 7) is 1.39. The van der Waals surface area contributed by atoms with Gasteiger partial charge in [-0.15, -0.1) is 11.3 Å². The van der Waals surface area contributed by atoms with E-state index in [0.717, 1.165) is 41.1 Å². The van der Waals surface area contributed by atoms with E-state index in [-0.39, 0.29) is 5.91 Å². The third-order valence-corrected chi connectivity index (χ3v) is 5.05. The summed E-state index contributed by atoms with van der Waals surface area (Å²) in [5, 5.41) is 3.35. The van der Waals surface area contributed by atoms with Gasteiger partial charge in [-0.25, -0.2) is 4.98 Å². The Bertz CT molecular complexity index is 711. The lowest BCUT2D eigenvalue weighted by atomic mass is 10.1. The molecule has 4 nitrogen and oxygen atoms in total. The Hall–Kier alpha value is -1.59. The molecule has 1 amide bonds. The summed E-state index contributed by atoms with van der Waals surface area (Å²) < 4.78 is 0.543. The van der Waals surface area contributed by atoms with Crippen molar-refractivity contribution >= 4 is 34.5 Å². The lowest BCUT2D eigenvalue weighted by Gasteiger charge is -2.14. The van der Waals surface area contributed by atoms with Gasteiger partial charge in [-0.3, -0.25) is 4.79 Å². The van der Waals surface area contributed by atoms with Crippen LogP contribution in [0.25, 0.3) is 0 Å². The van der Waals surface area contributed by atoms with Gasteiger partial charge >= 0.3 is 0 Å². The van der Waals surface area contributed by atoms with Crippen molar-refractivity contribution in [3.05, 3.63) is 44.9 Å². The highest BCUT2D eigenvalue weighted by Gasteiger charge is 2.39. The third kappa shape index (κ3) is 2.40. The van der Waals surface area contributed by atoms with E-state index in [1.54, 1.807) is 6.20 Å². The van der Waals surface area contributed by atoms with Gasteiger partial charge in [0.15, 0.2) is 4.47 Å². The first kappa shape index (κ1) is 13.1. The van der Waals surface area contributed by atoms with E-state index in [9.17, 15) is 4.79 Å². The van der Waals surface area contributed by atoms with Crippen LogP contribution in [-0.4, -0.2) is 21.8 Å². The van der Waals surface area contributed by atoms with E-state index in [1.807, 2.05) is 23.1 Å². The molecule has 1 aliphatic heterocycles. The zero-order valence-corrected chi connectivity index (χ0v) is 12.9. The summed E-state index contributed by atoms with van der Waals surface area (Å²) in [5.41, 5.74) is 2.87. The molecule has 2 aromatic rings. The van der Waals surface area contributed by atoms with Gasteiger partial charge in [0.25, 0.3) is 5.91 Å². The number of rotatable bonds is 4. The van der Waals surface area contributed by atoms with E-state index < -0.39 is 0 Å². The van der Waals surface area contributed by atoms with Gasteiger partial charge < -0.3 is 10.2 Å². The molecular formula is C15H14ClN3OS. The Labute approximate surface area is 131 Å². The average molecular weight is 320 g/mol. The van der Waals surface area contributed by atoms with E-state index in [2.05, 4.69) is 10.3 Å². The second-order valence-corrected chi connectivity index (χ2v) is 7.13. The minimum Gasteiger partial charge on any atom is -0.379 e. The molecular weight excluding hydrogens is 306 g/mol. The standard InChI is InChI=1S/C15H14ClN3OS/c16-15-18-7-11(21-15)6-17-12-3-1-2-9-8-19(10-4-5-10)14(20)13(9)12/h1-3,7,10,17H,4-6,8H2. The molecule has 2 heterocycles. The highest BCUT2D eigenvalue weighted by Crippen LogP contribution is 2.37. The number of aromatic nitrogens is 1. The van der Waals surface area contributed by atoms with Crippen molar-refractivity contribution in [2.24, 2.45) is 0 Å². The Kier molecular flexibility index (Phi) is 3.12. The molecule has 1 aliphatic carbocycles. The molecule has 1 aromatic carbocycles. The zero-order valence-electron chi connectivity index (χ0n) is 11.3. The van der Waals surface area contributed by atoms with E-state index in [1.165, 1.54) is 11.3 Å². The van der Waals surface area contributed by atoms with Gasteiger partial charge in [0.1, 0.15) is 0 Å². The lowest BCUT2D eigenvalue weighted by molar-refractivity contribution is 0.0767. The highest BCUT2D eigenvalue weighted by atomic mass is 35.5. The fourth-order valence-electron chi connectivity index (χ4n) is 2.76. The molecule has 1 fully saturated rings. The molecule has 1 aromatic heterocycles. The van der Waals surface area contributed by atoms with Crippen LogP contribution in [0.15, 0.2) is 24.4 Å². The number of hydrogen-bond donors (Lipinski definition) is 1. The second kappa shape index (κ2) is 5.00.